The lowest BCUT2D eigenvalue weighted by molar-refractivity contribution is -0.133. The van der Waals surface area contributed by atoms with Gasteiger partial charge in [0.25, 0.3) is 0 Å². The highest BCUT2D eigenvalue weighted by Crippen LogP contribution is 2.28. The maximum atomic E-state index is 12.7. The Morgan fingerprint density at radius 1 is 1.04 bits per heavy atom. The van der Waals surface area contributed by atoms with Crippen LogP contribution in [0.5, 0.6) is 0 Å². The van der Waals surface area contributed by atoms with Crippen molar-refractivity contribution in [2.75, 3.05) is 0 Å². The van der Waals surface area contributed by atoms with Crippen LogP contribution in [0.25, 0.3) is 0 Å². The Balaban J connectivity index is 5.51. The molecule has 0 saturated carbocycles. The molecule has 0 heterocycles. The van der Waals surface area contributed by atoms with Crippen molar-refractivity contribution < 1.29 is 19.8 Å². The number of unbranched alkanes of at least 4 members (excludes halogenated alkanes) is 1. The van der Waals surface area contributed by atoms with Crippen molar-refractivity contribution in [3.63, 3.8) is 0 Å². The van der Waals surface area contributed by atoms with Crippen LogP contribution in [0.1, 0.15) is 73.6 Å². The molecule has 0 spiro atoms. The predicted molar refractivity (Wildman–Crippen MR) is 97.8 cm³/mol. The zero-order chi connectivity index (χ0) is 18.9. The summed E-state index contributed by atoms with van der Waals surface area (Å²) in [5.74, 6) is -1.41. The maximum Gasteiger partial charge on any atom is 0.165 e. The Morgan fingerprint density at radius 3 is 2.04 bits per heavy atom. The molecular weight excluding hydrogens is 304 g/mol. The standard InChI is InChI=1S/C20H36O4/c1-7-8-9-17(22)20(19(24)12-18(23)14(4)5)16(15(6)21)11-10-13(2)3/h12-14,16-17,20,22-23H,7-11H2,1-6H3/b18-12+. The summed E-state index contributed by atoms with van der Waals surface area (Å²) in [4.78, 5) is 24.9. The average molecular weight is 341 g/mol. The molecule has 0 aromatic rings. The second-order valence-corrected chi connectivity index (χ2v) is 7.55. The molecule has 0 aliphatic rings. The van der Waals surface area contributed by atoms with E-state index < -0.39 is 17.9 Å². The highest BCUT2D eigenvalue weighted by Gasteiger charge is 2.36. The van der Waals surface area contributed by atoms with Gasteiger partial charge in [-0.3, -0.25) is 9.59 Å². The molecule has 0 bridgehead atoms. The van der Waals surface area contributed by atoms with Gasteiger partial charge < -0.3 is 10.2 Å². The van der Waals surface area contributed by atoms with Gasteiger partial charge in [-0.15, -0.1) is 0 Å². The molecular formula is C20H36O4. The van der Waals surface area contributed by atoms with Gasteiger partial charge in [-0.1, -0.05) is 53.9 Å². The molecule has 4 heteroatoms. The third-order valence-electron chi connectivity index (χ3n) is 4.49. The minimum atomic E-state index is -0.852. The third kappa shape index (κ3) is 8.09. The van der Waals surface area contributed by atoms with E-state index in [1.54, 1.807) is 13.8 Å². The zero-order valence-electron chi connectivity index (χ0n) is 16.2. The topological polar surface area (TPSA) is 74.6 Å². The molecule has 2 N–H and O–H groups in total. The van der Waals surface area contributed by atoms with Gasteiger partial charge in [0.2, 0.25) is 0 Å². The Morgan fingerprint density at radius 2 is 1.62 bits per heavy atom. The van der Waals surface area contributed by atoms with Gasteiger partial charge in [-0.05, 0) is 25.7 Å². The van der Waals surface area contributed by atoms with Crippen molar-refractivity contribution in [1.29, 1.82) is 0 Å². The molecule has 0 rings (SSSR count). The number of carbonyl (C=O) groups excluding carboxylic acids is 2. The Bertz CT molecular complexity index is 423. The number of Topliss-reactive ketones (excluding diaryl/α,β-unsaturated/α-hetero) is 1. The molecule has 24 heavy (non-hydrogen) atoms. The number of carbonyl (C=O) groups is 2. The summed E-state index contributed by atoms with van der Waals surface area (Å²) in [5, 5.41) is 20.5. The quantitative estimate of drug-likeness (QED) is 0.406. The van der Waals surface area contributed by atoms with Crippen LogP contribution in [0.15, 0.2) is 11.8 Å². The Hall–Kier alpha value is -1.16. The highest BCUT2D eigenvalue weighted by atomic mass is 16.3. The first-order chi connectivity index (χ1) is 11.1. The number of hydrogen-bond donors (Lipinski definition) is 2. The fraction of sp³-hybridized carbons (Fsp3) is 0.800. The summed E-state index contributed by atoms with van der Waals surface area (Å²) < 4.78 is 0. The van der Waals surface area contributed by atoms with Crippen molar-refractivity contribution in [2.24, 2.45) is 23.7 Å². The number of hydrogen-bond acceptors (Lipinski definition) is 4. The number of aliphatic hydroxyl groups excluding tert-OH is 2. The first-order valence-corrected chi connectivity index (χ1v) is 9.24. The van der Waals surface area contributed by atoms with Gasteiger partial charge in [0.15, 0.2) is 5.78 Å². The molecule has 0 aromatic carbocycles. The van der Waals surface area contributed by atoms with Crippen LogP contribution in [-0.2, 0) is 9.59 Å². The van der Waals surface area contributed by atoms with Crippen LogP contribution in [0.4, 0.5) is 0 Å². The van der Waals surface area contributed by atoms with Gasteiger partial charge in [0, 0.05) is 17.9 Å². The number of allylic oxidation sites excluding steroid dienone is 2. The van der Waals surface area contributed by atoms with E-state index in [-0.39, 0.29) is 23.2 Å². The van der Waals surface area contributed by atoms with Crippen molar-refractivity contribution in [3.8, 4) is 0 Å². The minimum Gasteiger partial charge on any atom is -0.512 e. The van der Waals surface area contributed by atoms with Crippen molar-refractivity contribution in [2.45, 2.75) is 79.8 Å². The van der Waals surface area contributed by atoms with E-state index in [0.29, 0.717) is 18.8 Å². The lowest BCUT2D eigenvalue weighted by Gasteiger charge is -2.28. The summed E-state index contributed by atoms with van der Waals surface area (Å²) in [6.07, 6.45) is 3.98. The van der Waals surface area contributed by atoms with E-state index in [1.807, 2.05) is 6.92 Å². The van der Waals surface area contributed by atoms with Crippen LogP contribution in [0.3, 0.4) is 0 Å². The molecule has 0 fully saturated rings. The summed E-state index contributed by atoms with van der Waals surface area (Å²) in [7, 11) is 0. The monoisotopic (exact) mass is 340 g/mol. The molecule has 0 radical (unpaired) electrons. The fourth-order valence-corrected chi connectivity index (χ4v) is 2.81. The molecule has 0 aliphatic carbocycles. The van der Waals surface area contributed by atoms with E-state index in [2.05, 4.69) is 13.8 Å². The molecule has 0 amide bonds. The average Bonchev–Trinajstić information content (AvgIpc) is 2.47. The summed E-state index contributed by atoms with van der Waals surface area (Å²) >= 11 is 0. The molecule has 0 aliphatic heterocycles. The molecule has 3 atom stereocenters. The first-order valence-electron chi connectivity index (χ1n) is 9.24. The smallest absolute Gasteiger partial charge is 0.165 e. The summed E-state index contributed by atoms with van der Waals surface area (Å²) in [6.45, 7) is 11.3. The molecule has 4 nitrogen and oxygen atoms in total. The summed E-state index contributed by atoms with van der Waals surface area (Å²) in [6, 6.07) is 0. The first kappa shape index (κ1) is 22.8. The van der Waals surface area contributed by atoms with Gasteiger partial charge in [0.05, 0.1) is 17.8 Å². The number of aliphatic hydroxyl groups is 2. The third-order valence-corrected chi connectivity index (χ3v) is 4.49. The molecule has 0 saturated heterocycles. The fourth-order valence-electron chi connectivity index (χ4n) is 2.81. The molecule has 140 valence electrons. The largest absolute Gasteiger partial charge is 0.512 e. The van der Waals surface area contributed by atoms with E-state index in [0.717, 1.165) is 19.3 Å². The molecule has 0 aromatic heterocycles. The lowest BCUT2D eigenvalue weighted by atomic mass is 9.76. The van der Waals surface area contributed by atoms with Crippen LogP contribution < -0.4 is 0 Å². The minimum absolute atomic E-state index is 0.00106. The lowest BCUT2D eigenvalue weighted by Crippen LogP contribution is -2.37. The normalized spacial score (nSPS) is 16.3. The van der Waals surface area contributed by atoms with Crippen molar-refractivity contribution >= 4 is 11.6 Å². The van der Waals surface area contributed by atoms with Crippen molar-refractivity contribution in [3.05, 3.63) is 11.8 Å². The van der Waals surface area contributed by atoms with Crippen LogP contribution in [0, 0.1) is 23.7 Å². The Labute approximate surface area is 147 Å². The highest BCUT2D eigenvalue weighted by molar-refractivity contribution is 5.96. The van der Waals surface area contributed by atoms with Crippen LogP contribution in [-0.4, -0.2) is 27.9 Å². The number of rotatable bonds is 12. The predicted octanol–water partition coefficient (Wildman–Crippen LogP) is 4.46. The van der Waals surface area contributed by atoms with E-state index in [9.17, 15) is 19.8 Å². The Kier molecular flexibility index (Phi) is 10.9. The summed E-state index contributed by atoms with van der Waals surface area (Å²) in [5.41, 5.74) is 0. The van der Waals surface area contributed by atoms with E-state index in [4.69, 9.17) is 0 Å². The SMILES string of the molecule is CCCCC(O)C(C(=O)/C=C(/O)C(C)C)C(CCC(C)C)C(C)=O. The van der Waals surface area contributed by atoms with Gasteiger partial charge in [0.1, 0.15) is 5.78 Å². The van der Waals surface area contributed by atoms with E-state index in [1.165, 1.54) is 13.0 Å². The molecule has 3 unspecified atom stereocenters. The van der Waals surface area contributed by atoms with Gasteiger partial charge in [-0.25, -0.2) is 0 Å². The maximum absolute atomic E-state index is 12.7. The van der Waals surface area contributed by atoms with Gasteiger partial charge in [-0.2, -0.15) is 0 Å². The van der Waals surface area contributed by atoms with E-state index >= 15 is 0 Å². The second kappa shape index (κ2) is 11.4. The van der Waals surface area contributed by atoms with Crippen LogP contribution in [0.2, 0.25) is 0 Å². The van der Waals surface area contributed by atoms with Crippen molar-refractivity contribution in [1.82, 2.24) is 0 Å². The second-order valence-electron chi connectivity index (χ2n) is 7.55. The van der Waals surface area contributed by atoms with Gasteiger partial charge >= 0.3 is 0 Å². The zero-order valence-corrected chi connectivity index (χ0v) is 16.2. The van der Waals surface area contributed by atoms with Crippen LogP contribution >= 0.6 is 0 Å². The number of ketones is 2.